The van der Waals surface area contributed by atoms with Gasteiger partial charge in [-0.05, 0) is 60.7 Å². The number of thiocarbonyl (C=S) groups is 1. The van der Waals surface area contributed by atoms with Crippen LogP contribution in [0, 0.1) is 3.57 Å². The predicted molar refractivity (Wildman–Crippen MR) is 86.7 cm³/mol. The molecule has 1 aromatic rings. The lowest BCUT2D eigenvalue weighted by molar-refractivity contribution is 0.0711. The smallest absolute Gasteiger partial charge is 0.254 e. The Labute approximate surface area is 127 Å². The van der Waals surface area contributed by atoms with E-state index < -0.39 is 0 Å². The molecule has 0 radical (unpaired) electrons. The molecule has 0 aliphatic rings. The number of nitrogens with zero attached hydrogens (tertiary/aromatic N) is 1. The number of amides is 1. The quantitative estimate of drug-likeness (QED) is 0.635. The fraction of sp³-hybridized carbons (Fsp3) is 0.385. The van der Waals surface area contributed by atoms with Gasteiger partial charge in [-0.3, -0.25) is 4.79 Å². The van der Waals surface area contributed by atoms with E-state index >= 15 is 0 Å². The van der Waals surface area contributed by atoms with Crippen LogP contribution in [0.4, 0.5) is 0 Å². The highest BCUT2D eigenvalue weighted by Gasteiger charge is 2.18. The largest absolute Gasteiger partial charge is 0.393 e. The van der Waals surface area contributed by atoms with Gasteiger partial charge in [0.1, 0.15) is 0 Å². The zero-order valence-corrected chi connectivity index (χ0v) is 13.5. The minimum atomic E-state index is 0.0256. The van der Waals surface area contributed by atoms with Gasteiger partial charge in [-0.25, -0.2) is 0 Å². The molecule has 5 heteroatoms. The third-order valence-electron chi connectivity index (χ3n) is 2.57. The molecule has 0 bridgehead atoms. The molecular weight excluding hydrogens is 359 g/mol. The minimum Gasteiger partial charge on any atom is -0.393 e. The van der Waals surface area contributed by atoms with Crippen LogP contribution in [0.25, 0.3) is 0 Å². The summed E-state index contributed by atoms with van der Waals surface area (Å²) < 4.78 is 1.11. The predicted octanol–water partition coefficient (Wildman–Crippen LogP) is 2.82. The lowest BCUT2D eigenvalue weighted by Gasteiger charge is -2.26. The lowest BCUT2D eigenvalue weighted by Crippen LogP contribution is -2.38. The van der Waals surface area contributed by atoms with Crippen LogP contribution in [0.5, 0.6) is 0 Å². The van der Waals surface area contributed by atoms with Crippen LogP contribution in [0.15, 0.2) is 24.3 Å². The summed E-state index contributed by atoms with van der Waals surface area (Å²) in [5.41, 5.74) is 6.19. The van der Waals surface area contributed by atoms with E-state index in [1.807, 2.05) is 38.1 Å². The van der Waals surface area contributed by atoms with E-state index in [-0.39, 0.29) is 11.9 Å². The number of rotatable bonds is 5. The van der Waals surface area contributed by atoms with Crippen LogP contribution in [-0.2, 0) is 0 Å². The van der Waals surface area contributed by atoms with Gasteiger partial charge in [0.15, 0.2) is 0 Å². The van der Waals surface area contributed by atoms with Crippen LogP contribution in [0.3, 0.4) is 0 Å². The maximum atomic E-state index is 12.3. The minimum absolute atomic E-state index is 0.0256. The standard InChI is InChI=1S/C13H17IN2OS/c1-9(2)16(8-7-12(15)18)13(17)10-3-5-11(14)6-4-10/h3-6,9H,7-8H2,1-2H3,(H2,15,18). The molecule has 0 aliphatic heterocycles. The van der Waals surface area contributed by atoms with Crippen LogP contribution < -0.4 is 5.73 Å². The van der Waals surface area contributed by atoms with Gasteiger partial charge < -0.3 is 10.6 Å². The first kappa shape index (κ1) is 15.4. The molecule has 1 amide bonds. The summed E-state index contributed by atoms with van der Waals surface area (Å²) in [5.74, 6) is 0.0256. The SMILES string of the molecule is CC(C)N(CCC(N)=S)C(=O)c1ccc(I)cc1. The van der Waals surface area contributed by atoms with E-state index in [0.29, 0.717) is 23.5 Å². The molecule has 1 aromatic carbocycles. The highest BCUT2D eigenvalue weighted by molar-refractivity contribution is 14.1. The number of halogens is 1. The fourth-order valence-electron chi connectivity index (χ4n) is 1.58. The zero-order chi connectivity index (χ0) is 13.7. The van der Waals surface area contributed by atoms with Crippen molar-refractivity contribution in [3.8, 4) is 0 Å². The molecule has 3 nitrogen and oxygen atoms in total. The number of hydrogen-bond acceptors (Lipinski definition) is 2. The van der Waals surface area contributed by atoms with Crippen molar-refractivity contribution < 1.29 is 4.79 Å². The van der Waals surface area contributed by atoms with Gasteiger partial charge >= 0.3 is 0 Å². The third-order valence-corrected chi connectivity index (χ3v) is 3.50. The number of nitrogens with two attached hydrogens (primary N) is 1. The molecule has 1 rings (SSSR count). The highest BCUT2D eigenvalue weighted by atomic mass is 127. The van der Waals surface area contributed by atoms with Gasteiger partial charge in [-0.15, -0.1) is 0 Å². The van der Waals surface area contributed by atoms with Crippen LogP contribution >= 0.6 is 34.8 Å². The van der Waals surface area contributed by atoms with E-state index in [0.717, 1.165) is 3.57 Å². The molecule has 0 atom stereocenters. The zero-order valence-electron chi connectivity index (χ0n) is 10.5. The highest BCUT2D eigenvalue weighted by Crippen LogP contribution is 2.12. The third kappa shape index (κ3) is 4.53. The summed E-state index contributed by atoms with van der Waals surface area (Å²) in [6, 6.07) is 7.69. The van der Waals surface area contributed by atoms with Crippen molar-refractivity contribution in [1.29, 1.82) is 0 Å². The number of hydrogen-bond donors (Lipinski definition) is 1. The normalized spacial score (nSPS) is 10.4. The van der Waals surface area contributed by atoms with Gasteiger partial charge in [-0.2, -0.15) is 0 Å². The molecule has 0 spiro atoms. The summed E-state index contributed by atoms with van der Waals surface area (Å²) in [7, 11) is 0. The Morgan fingerprint density at radius 2 is 1.94 bits per heavy atom. The van der Waals surface area contributed by atoms with Crippen LogP contribution in [0.2, 0.25) is 0 Å². The Balaban J connectivity index is 2.82. The van der Waals surface area contributed by atoms with E-state index in [1.165, 1.54) is 0 Å². The first-order chi connectivity index (χ1) is 8.41. The van der Waals surface area contributed by atoms with E-state index in [2.05, 4.69) is 22.6 Å². The maximum absolute atomic E-state index is 12.3. The summed E-state index contributed by atoms with van der Waals surface area (Å²) in [5, 5.41) is 0. The van der Waals surface area contributed by atoms with Crippen molar-refractivity contribution in [2.45, 2.75) is 26.3 Å². The fourth-order valence-corrected chi connectivity index (χ4v) is 2.03. The second-order valence-corrected chi connectivity index (χ2v) is 6.09. The van der Waals surface area contributed by atoms with Crippen LogP contribution in [0.1, 0.15) is 30.6 Å². The number of carbonyl (C=O) groups excluding carboxylic acids is 1. The van der Waals surface area contributed by atoms with Gasteiger partial charge in [-0.1, -0.05) is 12.2 Å². The Hall–Kier alpha value is -0.690. The van der Waals surface area contributed by atoms with E-state index in [9.17, 15) is 4.79 Å². The molecule has 0 saturated heterocycles. The van der Waals surface area contributed by atoms with E-state index in [1.54, 1.807) is 4.90 Å². The van der Waals surface area contributed by atoms with Gasteiger partial charge in [0.05, 0.1) is 4.99 Å². The number of carbonyl (C=O) groups is 1. The average molecular weight is 376 g/mol. The Kier molecular flexibility index (Phi) is 6.01. The molecule has 0 saturated carbocycles. The van der Waals surface area contributed by atoms with Gasteiger partial charge in [0, 0.05) is 28.1 Å². The Morgan fingerprint density at radius 3 is 2.39 bits per heavy atom. The Morgan fingerprint density at radius 1 is 1.39 bits per heavy atom. The van der Waals surface area contributed by atoms with Crippen molar-refractivity contribution >= 4 is 45.7 Å². The molecule has 0 heterocycles. The van der Waals surface area contributed by atoms with Crippen molar-refractivity contribution in [3.63, 3.8) is 0 Å². The second kappa shape index (κ2) is 7.04. The van der Waals surface area contributed by atoms with Gasteiger partial charge in [0.2, 0.25) is 0 Å². The first-order valence-corrected chi connectivity index (χ1v) is 7.25. The summed E-state index contributed by atoms with van der Waals surface area (Å²) >= 11 is 7.08. The van der Waals surface area contributed by atoms with Crippen LogP contribution in [-0.4, -0.2) is 28.4 Å². The number of benzene rings is 1. The van der Waals surface area contributed by atoms with E-state index in [4.69, 9.17) is 18.0 Å². The molecular formula is C13H17IN2OS. The molecule has 0 aromatic heterocycles. The summed E-state index contributed by atoms with van der Waals surface area (Å²) in [6.07, 6.45) is 0.559. The lowest BCUT2D eigenvalue weighted by atomic mass is 10.1. The molecule has 0 unspecified atom stereocenters. The molecule has 18 heavy (non-hydrogen) atoms. The maximum Gasteiger partial charge on any atom is 0.254 e. The molecule has 0 aliphatic carbocycles. The summed E-state index contributed by atoms with van der Waals surface area (Å²) in [4.78, 5) is 14.6. The first-order valence-electron chi connectivity index (χ1n) is 5.76. The molecule has 0 fully saturated rings. The van der Waals surface area contributed by atoms with Crippen molar-refractivity contribution in [3.05, 3.63) is 33.4 Å². The topological polar surface area (TPSA) is 46.3 Å². The monoisotopic (exact) mass is 376 g/mol. The van der Waals surface area contributed by atoms with Crippen molar-refractivity contribution in [2.24, 2.45) is 5.73 Å². The van der Waals surface area contributed by atoms with Crippen molar-refractivity contribution in [1.82, 2.24) is 4.90 Å². The second-order valence-electron chi connectivity index (χ2n) is 4.32. The van der Waals surface area contributed by atoms with Crippen molar-refractivity contribution in [2.75, 3.05) is 6.54 Å². The molecule has 98 valence electrons. The Bertz CT molecular complexity index is 431. The summed E-state index contributed by atoms with van der Waals surface area (Å²) in [6.45, 7) is 4.55. The average Bonchev–Trinajstić information content (AvgIpc) is 2.29. The van der Waals surface area contributed by atoms with Gasteiger partial charge in [0.25, 0.3) is 5.91 Å². The molecule has 2 N–H and O–H groups in total.